The highest BCUT2D eigenvalue weighted by Gasteiger charge is 2.56. The number of rotatable bonds is 5. The van der Waals surface area contributed by atoms with E-state index >= 15 is 0 Å². The van der Waals surface area contributed by atoms with Gasteiger partial charge in [0.2, 0.25) is 0 Å². The van der Waals surface area contributed by atoms with Gasteiger partial charge in [-0.15, -0.1) is 0 Å². The van der Waals surface area contributed by atoms with E-state index in [0.29, 0.717) is 29.5 Å². The molecule has 0 aliphatic heterocycles. The van der Waals surface area contributed by atoms with Crippen molar-refractivity contribution in [2.24, 2.45) is 17.3 Å². The summed E-state index contributed by atoms with van der Waals surface area (Å²) in [5.74, 6) is -2.60. The van der Waals surface area contributed by atoms with Crippen molar-refractivity contribution >= 4 is 17.5 Å². The van der Waals surface area contributed by atoms with E-state index in [9.17, 15) is 19.5 Å². The highest BCUT2D eigenvalue weighted by molar-refractivity contribution is 6.22. The van der Waals surface area contributed by atoms with Gasteiger partial charge in [-0.3, -0.25) is 14.4 Å². The molecular weight excluding hydrogens is 448 g/mol. The monoisotopic (exact) mass is 484 g/mol. The zero-order valence-corrected chi connectivity index (χ0v) is 22.1. The van der Waals surface area contributed by atoms with Crippen LogP contribution in [0.1, 0.15) is 86.2 Å². The molecule has 1 N–H and O–H groups in total. The van der Waals surface area contributed by atoms with Crippen LogP contribution in [0.25, 0.3) is 0 Å². The van der Waals surface area contributed by atoms with Gasteiger partial charge in [0.15, 0.2) is 11.6 Å². The molecule has 1 saturated carbocycles. The predicted octanol–water partition coefficient (Wildman–Crippen LogP) is 6.94. The lowest BCUT2D eigenvalue weighted by Gasteiger charge is -2.37. The number of carbonyl (C=O) groups excluding carboxylic acids is 2. The maximum absolute atomic E-state index is 14.3. The molecule has 2 atom stereocenters. The number of benzene rings is 2. The number of hydrogen-bond acceptors (Lipinski definition) is 3. The van der Waals surface area contributed by atoms with E-state index in [1.165, 1.54) is 0 Å². The predicted molar refractivity (Wildman–Crippen MR) is 142 cm³/mol. The maximum atomic E-state index is 14.3. The molecule has 4 rings (SSSR count). The van der Waals surface area contributed by atoms with Crippen LogP contribution in [0.15, 0.2) is 72.3 Å². The number of fused-ring (bicyclic) bond motifs is 1. The minimum atomic E-state index is -1.47. The smallest absolute Gasteiger partial charge is 0.310 e. The minimum Gasteiger partial charge on any atom is -0.481 e. The summed E-state index contributed by atoms with van der Waals surface area (Å²) >= 11 is 0. The quantitative estimate of drug-likeness (QED) is 0.368. The van der Waals surface area contributed by atoms with Gasteiger partial charge in [0.1, 0.15) is 5.41 Å². The maximum Gasteiger partial charge on any atom is 0.310 e. The van der Waals surface area contributed by atoms with Gasteiger partial charge in [-0.05, 0) is 34.8 Å². The van der Waals surface area contributed by atoms with E-state index in [1.54, 1.807) is 42.5 Å². The Labute approximate surface area is 214 Å². The fourth-order valence-electron chi connectivity index (χ4n) is 5.62. The first-order valence-electron chi connectivity index (χ1n) is 12.7. The minimum absolute atomic E-state index is 0.0648. The van der Waals surface area contributed by atoms with E-state index in [0.717, 1.165) is 11.1 Å². The molecule has 0 heterocycles. The Hall–Kier alpha value is -3.27. The molecule has 0 bridgehead atoms. The van der Waals surface area contributed by atoms with Crippen LogP contribution >= 0.6 is 0 Å². The number of carbonyl (C=O) groups is 3. The highest BCUT2D eigenvalue weighted by atomic mass is 16.4. The molecule has 1 fully saturated rings. The Morgan fingerprint density at radius 2 is 1.19 bits per heavy atom. The van der Waals surface area contributed by atoms with Crippen LogP contribution in [-0.4, -0.2) is 22.6 Å². The lowest BCUT2D eigenvalue weighted by molar-refractivity contribution is -0.140. The molecule has 0 aromatic heterocycles. The first-order valence-corrected chi connectivity index (χ1v) is 12.7. The molecule has 2 aromatic carbocycles. The Morgan fingerprint density at radius 1 is 0.750 bits per heavy atom. The molecule has 2 unspecified atom stereocenters. The van der Waals surface area contributed by atoms with Crippen molar-refractivity contribution in [1.82, 2.24) is 0 Å². The van der Waals surface area contributed by atoms with Crippen molar-refractivity contribution in [3.63, 3.8) is 0 Å². The SMILES string of the molecule is CC(C)(C)c1ccc(C(=O)C2(C(=O)c3ccc(C(C)(C)C)cc3)C=CC=C3C(C(=O)O)CCC32)cc1. The summed E-state index contributed by atoms with van der Waals surface area (Å²) in [6.07, 6.45) is 6.11. The van der Waals surface area contributed by atoms with E-state index in [4.69, 9.17) is 0 Å². The van der Waals surface area contributed by atoms with Crippen molar-refractivity contribution in [2.75, 3.05) is 0 Å². The normalized spacial score (nSPS) is 21.0. The Morgan fingerprint density at radius 3 is 1.58 bits per heavy atom. The number of Topliss-reactive ketones (excluding diaryl/α,β-unsaturated/α-hetero) is 2. The van der Waals surface area contributed by atoms with Gasteiger partial charge >= 0.3 is 5.97 Å². The van der Waals surface area contributed by atoms with E-state index in [-0.39, 0.29) is 22.4 Å². The summed E-state index contributed by atoms with van der Waals surface area (Å²) in [5.41, 5.74) is 2.20. The summed E-state index contributed by atoms with van der Waals surface area (Å²) < 4.78 is 0. The van der Waals surface area contributed by atoms with E-state index in [1.807, 2.05) is 24.3 Å². The molecule has 2 aliphatic rings. The third-order valence-corrected chi connectivity index (χ3v) is 7.82. The van der Waals surface area contributed by atoms with Crippen molar-refractivity contribution < 1.29 is 19.5 Å². The van der Waals surface area contributed by atoms with Crippen LogP contribution in [0.4, 0.5) is 0 Å². The van der Waals surface area contributed by atoms with Gasteiger partial charge in [-0.2, -0.15) is 0 Å². The van der Waals surface area contributed by atoms with Gasteiger partial charge in [-0.1, -0.05) is 114 Å². The van der Waals surface area contributed by atoms with E-state index in [2.05, 4.69) is 41.5 Å². The van der Waals surface area contributed by atoms with Gasteiger partial charge in [0.25, 0.3) is 0 Å². The third-order valence-electron chi connectivity index (χ3n) is 7.82. The largest absolute Gasteiger partial charge is 0.481 e. The molecule has 0 amide bonds. The summed E-state index contributed by atoms with van der Waals surface area (Å²) in [6.45, 7) is 12.7. The van der Waals surface area contributed by atoms with E-state index < -0.39 is 23.2 Å². The molecule has 0 spiro atoms. The van der Waals surface area contributed by atoms with Gasteiger partial charge in [0.05, 0.1) is 5.92 Å². The number of hydrogen-bond donors (Lipinski definition) is 1. The summed E-state index contributed by atoms with van der Waals surface area (Å²) in [7, 11) is 0. The van der Waals surface area contributed by atoms with Crippen molar-refractivity contribution in [3.05, 3.63) is 94.6 Å². The highest BCUT2D eigenvalue weighted by Crippen LogP contribution is 2.52. The zero-order chi connectivity index (χ0) is 26.5. The average Bonchev–Trinajstić information content (AvgIpc) is 3.27. The molecule has 2 aliphatic carbocycles. The number of allylic oxidation sites excluding steroid dienone is 3. The van der Waals surface area contributed by atoms with Crippen molar-refractivity contribution in [3.8, 4) is 0 Å². The van der Waals surface area contributed by atoms with Crippen LogP contribution in [0.5, 0.6) is 0 Å². The molecular formula is C32H36O4. The van der Waals surface area contributed by atoms with Gasteiger partial charge < -0.3 is 5.11 Å². The van der Waals surface area contributed by atoms with Gasteiger partial charge in [-0.25, -0.2) is 0 Å². The second kappa shape index (κ2) is 8.99. The molecule has 0 saturated heterocycles. The van der Waals surface area contributed by atoms with Gasteiger partial charge in [0, 0.05) is 17.0 Å². The number of aliphatic carboxylic acids is 1. The molecule has 36 heavy (non-hydrogen) atoms. The molecule has 4 nitrogen and oxygen atoms in total. The Balaban J connectivity index is 1.83. The van der Waals surface area contributed by atoms with Crippen LogP contribution in [0.3, 0.4) is 0 Å². The van der Waals surface area contributed by atoms with Crippen molar-refractivity contribution in [2.45, 2.75) is 65.2 Å². The van der Waals surface area contributed by atoms with Crippen LogP contribution in [-0.2, 0) is 15.6 Å². The first-order chi connectivity index (χ1) is 16.8. The molecule has 4 heteroatoms. The standard InChI is InChI=1S/C32H36O4/c1-30(2,3)22-13-9-20(10-14-22)27(33)32(19-7-8-24-25(29(35)36)17-18-26(24)32)28(34)21-11-15-23(16-12-21)31(4,5)6/h7-16,19,25-26H,17-18H2,1-6H3,(H,35,36). The number of ketones is 2. The Kier molecular flexibility index (Phi) is 6.45. The fourth-order valence-corrected chi connectivity index (χ4v) is 5.62. The lowest BCUT2D eigenvalue weighted by Crippen LogP contribution is -2.45. The topological polar surface area (TPSA) is 71.4 Å². The number of carboxylic acids is 1. The Bertz CT molecular complexity index is 1180. The zero-order valence-electron chi connectivity index (χ0n) is 22.1. The second-order valence-corrected chi connectivity index (χ2v) is 12.2. The molecule has 188 valence electrons. The lowest BCUT2D eigenvalue weighted by atomic mass is 9.61. The van der Waals surface area contributed by atoms with Crippen LogP contribution in [0, 0.1) is 17.3 Å². The summed E-state index contributed by atoms with van der Waals surface area (Å²) in [5, 5.41) is 9.81. The fraction of sp³-hybridized carbons (Fsp3) is 0.406. The summed E-state index contributed by atoms with van der Waals surface area (Å²) in [4.78, 5) is 40.6. The molecule has 0 radical (unpaired) electrons. The first kappa shape index (κ1) is 25.8. The second-order valence-electron chi connectivity index (χ2n) is 12.2. The summed E-state index contributed by atoms with van der Waals surface area (Å²) in [6, 6.07) is 15.0. The van der Waals surface area contributed by atoms with Crippen molar-refractivity contribution in [1.29, 1.82) is 0 Å². The molecule has 2 aromatic rings. The van der Waals surface area contributed by atoms with Crippen LogP contribution in [0.2, 0.25) is 0 Å². The van der Waals surface area contributed by atoms with Crippen LogP contribution < -0.4 is 0 Å². The number of carboxylic acid groups (broad SMARTS) is 1. The third kappa shape index (κ3) is 4.38. The average molecular weight is 485 g/mol.